The third kappa shape index (κ3) is 4.48. The molecule has 4 nitrogen and oxygen atoms in total. The van der Waals surface area contributed by atoms with E-state index >= 15 is 0 Å². The Kier molecular flexibility index (Phi) is 5.41. The van der Waals surface area contributed by atoms with Crippen molar-refractivity contribution in [2.24, 2.45) is 0 Å². The van der Waals surface area contributed by atoms with Crippen LogP contribution >= 0.6 is 23.2 Å². The van der Waals surface area contributed by atoms with Crippen molar-refractivity contribution in [3.63, 3.8) is 0 Å². The fourth-order valence-corrected chi connectivity index (χ4v) is 1.93. The summed E-state index contributed by atoms with van der Waals surface area (Å²) < 4.78 is 10.1. The SMILES string of the molecule is Cc1ccc(/C=C/C(=O)OCC(=O)c2ccc(Cl)c(Cl)c2)o1. The van der Waals surface area contributed by atoms with Crippen molar-refractivity contribution in [1.29, 1.82) is 0 Å². The summed E-state index contributed by atoms with van der Waals surface area (Å²) in [5, 5.41) is 0.624. The largest absolute Gasteiger partial charge is 0.462 e. The number of halogens is 2. The van der Waals surface area contributed by atoms with E-state index in [0.717, 1.165) is 5.76 Å². The monoisotopic (exact) mass is 338 g/mol. The number of carbonyl (C=O) groups is 2. The number of rotatable bonds is 5. The molecule has 0 N–H and O–H groups in total. The summed E-state index contributed by atoms with van der Waals surface area (Å²) in [6.07, 6.45) is 2.67. The molecule has 0 aliphatic rings. The second-order valence-electron chi connectivity index (χ2n) is 4.44. The van der Waals surface area contributed by atoms with Crippen molar-refractivity contribution >= 4 is 41.0 Å². The summed E-state index contributed by atoms with van der Waals surface area (Å²) in [6.45, 7) is 1.42. The Labute approximate surface area is 137 Å². The first-order valence-electron chi connectivity index (χ1n) is 6.35. The van der Waals surface area contributed by atoms with Crippen LogP contribution in [0, 0.1) is 6.92 Å². The van der Waals surface area contributed by atoms with Gasteiger partial charge in [0.1, 0.15) is 11.5 Å². The fourth-order valence-electron chi connectivity index (χ4n) is 1.63. The fraction of sp³-hybridized carbons (Fsp3) is 0.125. The predicted molar refractivity (Wildman–Crippen MR) is 84.2 cm³/mol. The smallest absolute Gasteiger partial charge is 0.331 e. The normalized spacial score (nSPS) is 10.9. The van der Waals surface area contributed by atoms with Crippen molar-refractivity contribution in [3.8, 4) is 0 Å². The number of hydrogen-bond acceptors (Lipinski definition) is 4. The summed E-state index contributed by atoms with van der Waals surface area (Å²) in [6, 6.07) is 7.96. The van der Waals surface area contributed by atoms with E-state index in [2.05, 4.69) is 0 Å². The van der Waals surface area contributed by atoms with Crippen LogP contribution in [-0.4, -0.2) is 18.4 Å². The van der Waals surface area contributed by atoms with Crippen molar-refractivity contribution in [2.45, 2.75) is 6.92 Å². The maximum absolute atomic E-state index is 11.9. The van der Waals surface area contributed by atoms with E-state index in [1.165, 1.54) is 30.4 Å². The molecule has 0 fully saturated rings. The number of benzene rings is 1. The number of furan rings is 1. The van der Waals surface area contributed by atoms with E-state index in [1.807, 2.05) is 0 Å². The Bertz CT molecular complexity index is 731. The molecule has 0 aliphatic heterocycles. The number of hydrogen-bond donors (Lipinski definition) is 0. The van der Waals surface area contributed by atoms with Crippen molar-refractivity contribution in [3.05, 3.63) is 63.5 Å². The molecule has 2 rings (SSSR count). The Morgan fingerprint density at radius 3 is 2.59 bits per heavy atom. The van der Waals surface area contributed by atoms with Gasteiger partial charge in [-0.05, 0) is 43.3 Å². The summed E-state index contributed by atoms with van der Waals surface area (Å²) in [5.41, 5.74) is 0.327. The molecule has 0 unspecified atom stereocenters. The topological polar surface area (TPSA) is 56.5 Å². The minimum atomic E-state index is -0.637. The number of ketones is 1. The van der Waals surface area contributed by atoms with Gasteiger partial charge in [0.25, 0.3) is 0 Å². The number of carbonyl (C=O) groups excluding carboxylic acids is 2. The molecule has 1 aromatic carbocycles. The molecule has 0 radical (unpaired) electrons. The summed E-state index contributed by atoms with van der Waals surface area (Å²) in [4.78, 5) is 23.4. The molecule has 0 aliphatic carbocycles. The highest BCUT2D eigenvalue weighted by molar-refractivity contribution is 6.42. The van der Waals surface area contributed by atoms with Crippen LogP contribution in [0.4, 0.5) is 0 Å². The van der Waals surface area contributed by atoms with Crippen LogP contribution in [0.25, 0.3) is 6.08 Å². The van der Waals surface area contributed by atoms with E-state index in [4.69, 9.17) is 32.4 Å². The average molecular weight is 339 g/mol. The summed E-state index contributed by atoms with van der Waals surface area (Å²) in [7, 11) is 0. The third-order valence-electron chi connectivity index (χ3n) is 2.73. The molecule has 0 amide bonds. The first-order chi connectivity index (χ1) is 10.5. The maximum Gasteiger partial charge on any atom is 0.331 e. The van der Waals surface area contributed by atoms with Gasteiger partial charge in [-0.3, -0.25) is 4.79 Å². The van der Waals surface area contributed by atoms with Gasteiger partial charge in [-0.15, -0.1) is 0 Å². The van der Waals surface area contributed by atoms with Crippen LogP contribution in [0.15, 0.2) is 40.8 Å². The zero-order valence-corrected chi connectivity index (χ0v) is 13.1. The Balaban J connectivity index is 1.89. The molecule has 6 heteroatoms. The van der Waals surface area contributed by atoms with Gasteiger partial charge in [0.2, 0.25) is 0 Å². The average Bonchev–Trinajstić information content (AvgIpc) is 2.91. The molecule has 1 aromatic heterocycles. The lowest BCUT2D eigenvalue weighted by molar-refractivity contribution is -0.136. The first-order valence-corrected chi connectivity index (χ1v) is 7.11. The van der Waals surface area contributed by atoms with Crippen LogP contribution in [0.1, 0.15) is 21.9 Å². The maximum atomic E-state index is 11.9. The highest BCUT2D eigenvalue weighted by atomic mass is 35.5. The zero-order chi connectivity index (χ0) is 16.1. The molecule has 22 heavy (non-hydrogen) atoms. The molecular formula is C16H12Cl2O4. The van der Waals surface area contributed by atoms with Crippen LogP contribution in [0.2, 0.25) is 10.0 Å². The van der Waals surface area contributed by atoms with Gasteiger partial charge < -0.3 is 9.15 Å². The molecule has 1 heterocycles. The van der Waals surface area contributed by atoms with Crippen LogP contribution in [0.5, 0.6) is 0 Å². The lowest BCUT2D eigenvalue weighted by Gasteiger charge is -2.03. The number of aryl methyl sites for hydroxylation is 1. The summed E-state index contributed by atoms with van der Waals surface area (Å²) >= 11 is 11.6. The minimum Gasteiger partial charge on any atom is -0.462 e. The quantitative estimate of drug-likeness (QED) is 0.462. The highest BCUT2D eigenvalue weighted by Gasteiger charge is 2.10. The van der Waals surface area contributed by atoms with Gasteiger partial charge in [-0.2, -0.15) is 0 Å². The van der Waals surface area contributed by atoms with Crippen molar-refractivity contribution in [1.82, 2.24) is 0 Å². The molecule has 2 aromatic rings. The first kappa shape index (κ1) is 16.3. The molecule has 114 valence electrons. The molecular weight excluding hydrogens is 327 g/mol. The molecule has 0 saturated heterocycles. The molecule has 0 bridgehead atoms. The van der Waals surface area contributed by atoms with Gasteiger partial charge in [0.05, 0.1) is 10.0 Å². The van der Waals surface area contributed by atoms with Crippen LogP contribution in [0.3, 0.4) is 0 Å². The molecule has 0 spiro atoms. The zero-order valence-electron chi connectivity index (χ0n) is 11.6. The van der Waals surface area contributed by atoms with E-state index in [-0.39, 0.29) is 17.4 Å². The van der Waals surface area contributed by atoms with Gasteiger partial charge in [-0.25, -0.2) is 4.79 Å². The summed E-state index contributed by atoms with van der Waals surface area (Å²) in [5.74, 6) is 0.268. The molecule has 0 saturated carbocycles. The van der Waals surface area contributed by atoms with Crippen LogP contribution < -0.4 is 0 Å². The lowest BCUT2D eigenvalue weighted by Crippen LogP contribution is -2.12. The second-order valence-corrected chi connectivity index (χ2v) is 5.26. The Morgan fingerprint density at radius 2 is 1.95 bits per heavy atom. The number of Topliss-reactive ketones (excluding diaryl/α,β-unsaturated/α-hetero) is 1. The van der Waals surface area contributed by atoms with Crippen LogP contribution in [-0.2, 0) is 9.53 Å². The minimum absolute atomic E-state index is 0.270. The highest BCUT2D eigenvalue weighted by Crippen LogP contribution is 2.22. The third-order valence-corrected chi connectivity index (χ3v) is 3.47. The van der Waals surface area contributed by atoms with Gasteiger partial charge >= 0.3 is 5.97 Å². The standard InChI is InChI=1S/C16H12Cl2O4/c1-10-2-4-12(22-10)5-7-16(20)21-9-15(19)11-3-6-13(17)14(18)8-11/h2-8H,9H2,1H3/b7-5+. The van der Waals surface area contributed by atoms with Gasteiger partial charge in [0, 0.05) is 11.6 Å². The van der Waals surface area contributed by atoms with Gasteiger partial charge in [0.15, 0.2) is 12.4 Å². The van der Waals surface area contributed by atoms with Crippen molar-refractivity contribution < 1.29 is 18.7 Å². The number of ether oxygens (including phenoxy) is 1. The van der Waals surface area contributed by atoms with E-state index in [9.17, 15) is 9.59 Å². The van der Waals surface area contributed by atoms with Crippen molar-refractivity contribution in [2.75, 3.05) is 6.61 Å². The Morgan fingerprint density at radius 1 is 1.18 bits per heavy atom. The van der Waals surface area contributed by atoms with Gasteiger partial charge in [-0.1, -0.05) is 23.2 Å². The molecule has 0 atom stereocenters. The predicted octanol–water partition coefficient (Wildman–Crippen LogP) is 4.33. The van der Waals surface area contributed by atoms with E-state index in [1.54, 1.807) is 19.1 Å². The van der Waals surface area contributed by atoms with E-state index < -0.39 is 5.97 Å². The second kappa shape index (κ2) is 7.29. The Hall–Kier alpha value is -2.04. The van der Waals surface area contributed by atoms with E-state index in [0.29, 0.717) is 16.3 Å². The number of esters is 1. The lowest BCUT2D eigenvalue weighted by atomic mass is 10.1.